The summed E-state index contributed by atoms with van der Waals surface area (Å²) in [4.78, 5) is 15.8. The third-order valence-electron chi connectivity index (χ3n) is 2.47. The van der Waals surface area contributed by atoms with E-state index in [0.29, 0.717) is 12.3 Å². The van der Waals surface area contributed by atoms with Crippen LogP contribution in [-0.2, 0) is 4.79 Å². The Hall–Kier alpha value is -1.90. The quantitative estimate of drug-likeness (QED) is 0.648. The number of carbonyl (C=O) groups excluding carboxylic acids is 1. The molecular formula is C11H8N2O. The molecule has 0 fully saturated rings. The summed E-state index contributed by atoms with van der Waals surface area (Å²) in [6.07, 6.45) is 2.01. The van der Waals surface area contributed by atoms with Gasteiger partial charge in [-0.05, 0) is 6.07 Å². The molecule has 0 saturated carbocycles. The summed E-state index contributed by atoms with van der Waals surface area (Å²) < 4.78 is 0. The molecule has 2 aliphatic rings. The Kier molecular flexibility index (Phi) is 1.36. The number of para-hydroxylation sites is 1. The third-order valence-corrected chi connectivity index (χ3v) is 2.47. The van der Waals surface area contributed by atoms with Crippen LogP contribution in [0, 0.1) is 0 Å². The molecule has 68 valence electrons. The highest BCUT2D eigenvalue weighted by molar-refractivity contribution is 6.58. The second-order valence-corrected chi connectivity index (χ2v) is 3.31. The van der Waals surface area contributed by atoms with Crippen LogP contribution in [0.15, 0.2) is 35.3 Å². The molecule has 0 spiro atoms. The number of carbonyl (C=O) groups is 1. The SMILES string of the molecule is O=C1NCC=C2C1=Nc1ccccc12. The van der Waals surface area contributed by atoms with E-state index in [1.807, 2.05) is 30.3 Å². The molecule has 0 radical (unpaired) electrons. The Labute approximate surface area is 81.2 Å². The van der Waals surface area contributed by atoms with Gasteiger partial charge < -0.3 is 5.32 Å². The normalized spacial score (nSPS) is 17.9. The minimum absolute atomic E-state index is 0.0706. The van der Waals surface area contributed by atoms with Crippen LogP contribution in [-0.4, -0.2) is 18.2 Å². The molecule has 1 aromatic carbocycles. The molecule has 0 unspecified atom stereocenters. The number of hydrogen-bond acceptors (Lipinski definition) is 2. The fourth-order valence-electron chi connectivity index (χ4n) is 1.82. The molecule has 3 nitrogen and oxygen atoms in total. The summed E-state index contributed by atoms with van der Waals surface area (Å²) in [6, 6.07) is 7.81. The van der Waals surface area contributed by atoms with Gasteiger partial charge in [0.2, 0.25) is 0 Å². The molecule has 1 amide bonds. The average molecular weight is 184 g/mol. The number of fused-ring (bicyclic) bond motifs is 3. The van der Waals surface area contributed by atoms with E-state index in [1.54, 1.807) is 0 Å². The largest absolute Gasteiger partial charge is 0.347 e. The first-order chi connectivity index (χ1) is 6.86. The van der Waals surface area contributed by atoms with Crippen molar-refractivity contribution in [3.8, 4) is 0 Å². The van der Waals surface area contributed by atoms with Gasteiger partial charge in [-0.25, -0.2) is 4.99 Å². The van der Waals surface area contributed by atoms with Gasteiger partial charge in [0.1, 0.15) is 5.71 Å². The van der Waals surface area contributed by atoms with Crippen LogP contribution in [0.5, 0.6) is 0 Å². The van der Waals surface area contributed by atoms with E-state index in [1.165, 1.54) is 0 Å². The van der Waals surface area contributed by atoms with Gasteiger partial charge in [-0.2, -0.15) is 0 Å². The Morgan fingerprint density at radius 1 is 1.29 bits per heavy atom. The predicted molar refractivity (Wildman–Crippen MR) is 54.5 cm³/mol. The zero-order valence-electron chi connectivity index (χ0n) is 7.45. The second kappa shape index (κ2) is 2.54. The zero-order valence-corrected chi connectivity index (χ0v) is 7.45. The molecule has 1 aromatic rings. The Balaban J connectivity index is 2.25. The van der Waals surface area contributed by atoms with E-state index in [4.69, 9.17) is 0 Å². The first-order valence-electron chi connectivity index (χ1n) is 4.53. The minimum Gasteiger partial charge on any atom is -0.347 e. The van der Waals surface area contributed by atoms with E-state index in [0.717, 1.165) is 16.8 Å². The molecule has 3 heteroatoms. The lowest BCUT2D eigenvalue weighted by molar-refractivity contribution is -0.114. The highest BCUT2D eigenvalue weighted by atomic mass is 16.1. The van der Waals surface area contributed by atoms with Crippen molar-refractivity contribution in [1.82, 2.24) is 5.32 Å². The Bertz CT molecular complexity index is 486. The van der Waals surface area contributed by atoms with E-state index >= 15 is 0 Å². The molecular weight excluding hydrogens is 176 g/mol. The number of nitrogens with zero attached hydrogens (tertiary/aromatic N) is 1. The molecule has 0 saturated heterocycles. The number of amides is 1. The maximum atomic E-state index is 11.5. The van der Waals surface area contributed by atoms with Gasteiger partial charge in [0, 0.05) is 17.7 Å². The smallest absolute Gasteiger partial charge is 0.270 e. The van der Waals surface area contributed by atoms with E-state index in [-0.39, 0.29) is 5.91 Å². The van der Waals surface area contributed by atoms with Crippen LogP contribution in [0.4, 0.5) is 5.69 Å². The molecule has 3 rings (SSSR count). The lowest BCUT2D eigenvalue weighted by Crippen LogP contribution is -2.34. The zero-order chi connectivity index (χ0) is 9.54. The van der Waals surface area contributed by atoms with Crippen molar-refractivity contribution in [3.63, 3.8) is 0 Å². The summed E-state index contributed by atoms with van der Waals surface area (Å²) in [5, 5.41) is 2.74. The molecule has 0 aliphatic carbocycles. The van der Waals surface area contributed by atoms with Gasteiger partial charge in [0.15, 0.2) is 0 Å². The van der Waals surface area contributed by atoms with Crippen molar-refractivity contribution in [1.29, 1.82) is 0 Å². The van der Waals surface area contributed by atoms with Crippen LogP contribution < -0.4 is 5.32 Å². The van der Waals surface area contributed by atoms with Crippen LogP contribution in [0.2, 0.25) is 0 Å². The van der Waals surface area contributed by atoms with Crippen molar-refractivity contribution < 1.29 is 4.79 Å². The van der Waals surface area contributed by atoms with Gasteiger partial charge in [-0.1, -0.05) is 24.3 Å². The highest BCUT2D eigenvalue weighted by Gasteiger charge is 2.27. The minimum atomic E-state index is -0.0706. The molecule has 0 aromatic heterocycles. The van der Waals surface area contributed by atoms with Crippen LogP contribution >= 0.6 is 0 Å². The van der Waals surface area contributed by atoms with Gasteiger partial charge in [-0.3, -0.25) is 4.79 Å². The summed E-state index contributed by atoms with van der Waals surface area (Å²) in [5.74, 6) is -0.0706. The molecule has 0 atom stereocenters. The fraction of sp³-hybridized carbons (Fsp3) is 0.0909. The van der Waals surface area contributed by atoms with Gasteiger partial charge in [-0.15, -0.1) is 0 Å². The van der Waals surface area contributed by atoms with E-state index < -0.39 is 0 Å². The monoisotopic (exact) mass is 184 g/mol. The fourth-order valence-corrected chi connectivity index (χ4v) is 1.82. The summed E-state index contributed by atoms with van der Waals surface area (Å²) in [5.41, 5.74) is 3.49. The van der Waals surface area contributed by atoms with Crippen LogP contribution in [0.1, 0.15) is 5.56 Å². The van der Waals surface area contributed by atoms with Crippen molar-refractivity contribution in [3.05, 3.63) is 35.9 Å². The summed E-state index contributed by atoms with van der Waals surface area (Å²) in [7, 11) is 0. The molecule has 1 N–H and O–H groups in total. The van der Waals surface area contributed by atoms with E-state index in [9.17, 15) is 4.79 Å². The molecule has 0 bridgehead atoms. The maximum Gasteiger partial charge on any atom is 0.270 e. The lowest BCUT2D eigenvalue weighted by atomic mass is 10.0. The maximum absolute atomic E-state index is 11.5. The first kappa shape index (κ1) is 7.50. The lowest BCUT2D eigenvalue weighted by Gasteiger charge is -2.10. The van der Waals surface area contributed by atoms with E-state index in [2.05, 4.69) is 10.3 Å². The Morgan fingerprint density at radius 3 is 3.07 bits per heavy atom. The Morgan fingerprint density at radius 2 is 2.14 bits per heavy atom. The molecule has 2 aliphatic heterocycles. The topological polar surface area (TPSA) is 41.5 Å². The molecule has 2 heterocycles. The van der Waals surface area contributed by atoms with Gasteiger partial charge in [0.05, 0.1) is 5.69 Å². The second-order valence-electron chi connectivity index (χ2n) is 3.31. The standard InChI is InChI=1S/C11H8N2O/c14-11-10-8(5-6-12-11)7-3-1-2-4-9(7)13-10/h1-5H,6H2,(H,12,14). The predicted octanol–water partition coefficient (Wildman–Crippen LogP) is 1.29. The van der Waals surface area contributed by atoms with Crippen molar-refractivity contribution in [2.45, 2.75) is 0 Å². The highest BCUT2D eigenvalue weighted by Crippen LogP contribution is 2.35. The number of hydrogen-bond donors (Lipinski definition) is 1. The third kappa shape index (κ3) is 0.865. The van der Waals surface area contributed by atoms with Crippen molar-refractivity contribution in [2.24, 2.45) is 4.99 Å². The van der Waals surface area contributed by atoms with Crippen LogP contribution in [0.3, 0.4) is 0 Å². The van der Waals surface area contributed by atoms with Crippen LogP contribution in [0.25, 0.3) is 5.57 Å². The number of rotatable bonds is 0. The number of benzene rings is 1. The molecule has 14 heavy (non-hydrogen) atoms. The average Bonchev–Trinajstić information content (AvgIpc) is 2.59. The number of aliphatic imine (C=N–C) groups is 1. The number of nitrogens with one attached hydrogen (secondary N) is 1. The summed E-state index contributed by atoms with van der Waals surface area (Å²) in [6.45, 7) is 0.599. The van der Waals surface area contributed by atoms with Crippen molar-refractivity contribution >= 4 is 22.9 Å². The van der Waals surface area contributed by atoms with Crippen molar-refractivity contribution in [2.75, 3.05) is 6.54 Å². The summed E-state index contributed by atoms with van der Waals surface area (Å²) >= 11 is 0. The van der Waals surface area contributed by atoms with Gasteiger partial charge >= 0.3 is 0 Å². The first-order valence-corrected chi connectivity index (χ1v) is 4.53. The van der Waals surface area contributed by atoms with Gasteiger partial charge in [0.25, 0.3) is 5.91 Å².